The van der Waals surface area contributed by atoms with Gasteiger partial charge in [0, 0.05) is 43.8 Å². The van der Waals surface area contributed by atoms with Crippen LogP contribution in [-0.4, -0.2) is 41.6 Å². The molecular weight excluding hydrogens is 238 g/mol. The molecule has 5 nitrogen and oxygen atoms in total. The van der Waals surface area contributed by atoms with Crippen LogP contribution in [-0.2, 0) is 17.8 Å². The molecule has 1 aromatic rings. The van der Waals surface area contributed by atoms with Gasteiger partial charge in [0.2, 0.25) is 5.91 Å². The number of piperazine rings is 1. The lowest BCUT2D eigenvalue weighted by atomic mass is 10.2. The first-order valence-electron chi connectivity index (χ1n) is 5.88. The number of nitrogens with zero attached hydrogens (tertiary/aromatic N) is 2. The second kappa shape index (κ2) is 5.46. The van der Waals surface area contributed by atoms with Crippen LogP contribution in [0.5, 0.6) is 0 Å². The van der Waals surface area contributed by atoms with Crippen molar-refractivity contribution in [3.05, 3.63) is 20.7 Å². The highest BCUT2D eigenvalue weighted by Gasteiger charge is 2.18. The van der Waals surface area contributed by atoms with Crippen LogP contribution >= 0.6 is 11.3 Å². The van der Waals surface area contributed by atoms with Gasteiger partial charge < -0.3 is 14.8 Å². The molecule has 1 N–H and O–H groups in total. The maximum atomic E-state index is 12.0. The summed E-state index contributed by atoms with van der Waals surface area (Å²) >= 11 is 1.17. The summed E-state index contributed by atoms with van der Waals surface area (Å²) in [5, 5.41) is 5.01. The molecule has 17 heavy (non-hydrogen) atoms. The Labute approximate surface area is 104 Å². The minimum Gasteiger partial charge on any atom is -0.340 e. The van der Waals surface area contributed by atoms with Crippen LogP contribution in [0.2, 0.25) is 0 Å². The van der Waals surface area contributed by atoms with Gasteiger partial charge in [0.05, 0.1) is 6.42 Å². The molecule has 0 atom stereocenters. The van der Waals surface area contributed by atoms with E-state index in [1.165, 1.54) is 11.3 Å². The summed E-state index contributed by atoms with van der Waals surface area (Å²) in [5.41, 5.74) is 0.839. The Morgan fingerprint density at radius 3 is 2.82 bits per heavy atom. The molecule has 0 saturated carbocycles. The predicted molar refractivity (Wildman–Crippen MR) is 67.4 cm³/mol. The Morgan fingerprint density at radius 2 is 2.18 bits per heavy atom. The van der Waals surface area contributed by atoms with Crippen LogP contribution in [0.3, 0.4) is 0 Å². The average molecular weight is 255 g/mol. The number of hydrogen-bond acceptors (Lipinski definition) is 4. The number of rotatable bonds is 3. The van der Waals surface area contributed by atoms with Gasteiger partial charge in [-0.2, -0.15) is 0 Å². The Bertz CT molecular complexity index is 446. The normalized spacial score (nSPS) is 16.2. The quantitative estimate of drug-likeness (QED) is 0.821. The van der Waals surface area contributed by atoms with E-state index in [1.807, 2.05) is 11.8 Å². The molecule has 1 aliphatic heterocycles. The maximum absolute atomic E-state index is 12.0. The fourth-order valence-corrected chi connectivity index (χ4v) is 2.83. The smallest absolute Gasteiger partial charge is 0.307 e. The highest BCUT2D eigenvalue weighted by molar-refractivity contribution is 7.07. The topological polar surface area (TPSA) is 54.3 Å². The van der Waals surface area contributed by atoms with E-state index in [9.17, 15) is 9.59 Å². The number of amides is 1. The van der Waals surface area contributed by atoms with Crippen LogP contribution in [0.25, 0.3) is 0 Å². The lowest BCUT2D eigenvalue weighted by Gasteiger charge is -2.27. The summed E-state index contributed by atoms with van der Waals surface area (Å²) in [7, 11) is 0. The van der Waals surface area contributed by atoms with Crippen molar-refractivity contribution in [2.24, 2.45) is 0 Å². The minimum absolute atomic E-state index is 0.0237. The molecular formula is C11H17N3O2S. The molecule has 1 fully saturated rings. The standard InChI is InChI=1S/C11H17N3O2S/c1-2-14-9(8-17-11(14)16)7-10(15)13-5-3-12-4-6-13/h8,12H,2-7H2,1H3. The van der Waals surface area contributed by atoms with Crippen LogP contribution in [0.1, 0.15) is 12.6 Å². The van der Waals surface area contributed by atoms with Crippen LogP contribution in [0.4, 0.5) is 0 Å². The van der Waals surface area contributed by atoms with Gasteiger partial charge in [-0.25, -0.2) is 0 Å². The van der Waals surface area contributed by atoms with Gasteiger partial charge in [-0.3, -0.25) is 9.59 Å². The van der Waals surface area contributed by atoms with Crippen molar-refractivity contribution in [1.29, 1.82) is 0 Å². The maximum Gasteiger partial charge on any atom is 0.307 e. The van der Waals surface area contributed by atoms with Gasteiger partial charge in [0.1, 0.15) is 0 Å². The van der Waals surface area contributed by atoms with E-state index >= 15 is 0 Å². The summed E-state index contributed by atoms with van der Waals surface area (Å²) in [6, 6.07) is 0. The van der Waals surface area contributed by atoms with E-state index in [4.69, 9.17) is 0 Å². The molecule has 94 valence electrons. The Morgan fingerprint density at radius 1 is 1.47 bits per heavy atom. The third-order valence-corrected chi connectivity index (χ3v) is 3.79. The van der Waals surface area contributed by atoms with E-state index in [1.54, 1.807) is 9.95 Å². The van der Waals surface area contributed by atoms with Crippen LogP contribution < -0.4 is 10.2 Å². The van der Waals surface area contributed by atoms with Crippen molar-refractivity contribution < 1.29 is 4.79 Å². The van der Waals surface area contributed by atoms with E-state index in [2.05, 4.69) is 5.32 Å². The molecule has 0 radical (unpaired) electrons. The van der Waals surface area contributed by atoms with E-state index in [-0.39, 0.29) is 10.8 Å². The Hall–Kier alpha value is -1.14. The highest BCUT2D eigenvalue weighted by atomic mass is 32.1. The lowest BCUT2D eigenvalue weighted by Crippen LogP contribution is -2.47. The molecule has 1 saturated heterocycles. The Balaban J connectivity index is 2.04. The van der Waals surface area contributed by atoms with Crippen molar-refractivity contribution in [3.63, 3.8) is 0 Å². The zero-order chi connectivity index (χ0) is 12.3. The number of carbonyl (C=O) groups is 1. The van der Waals surface area contributed by atoms with Gasteiger partial charge in [0.25, 0.3) is 0 Å². The van der Waals surface area contributed by atoms with E-state index < -0.39 is 0 Å². The highest BCUT2D eigenvalue weighted by Crippen LogP contribution is 2.06. The summed E-state index contributed by atoms with van der Waals surface area (Å²) in [6.45, 7) is 5.80. The van der Waals surface area contributed by atoms with Crippen molar-refractivity contribution in [3.8, 4) is 0 Å². The average Bonchev–Trinajstić information content (AvgIpc) is 2.71. The molecule has 6 heteroatoms. The van der Waals surface area contributed by atoms with Gasteiger partial charge >= 0.3 is 4.87 Å². The summed E-state index contributed by atoms with van der Waals surface area (Å²) in [5.74, 6) is 0.117. The summed E-state index contributed by atoms with van der Waals surface area (Å²) in [6.07, 6.45) is 0.340. The SMILES string of the molecule is CCn1c(CC(=O)N2CCNCC2)csc1=O. The van der Waals surface area contributed by atoms with Crippen molar-refractivity contribution >= 4 is 17.2 Å². The second-order valence-electron chi connectivity index (χ2n) is 4.04. The van der Waals surface area contributed by atoms with Crippen molar-refractivity contribution in [2.75, 3.05) is 26.2 Å². The van der Waals surface area contributed by atoms with E-state index in [0.717, 1.165) is 31.9 Å². The van der Waals surface area contributed by atoms with Crippen LogP contribution in [0, 0.1) is 0 Å². The summed E-state index contributed by atoms with van der Waals surface area (Å²) < 4.78 is 1.67. The van der Waals surface area contributed by atoms with Crippen molar-refractivity contribution in [2.45, 2.75) is 19.9 Å². The first kappa shape index (κ1) is 12.3. The molecule has 0 aliphatic carbocycles. The molecule has 2 rings (SSSR count). The first-order chi connectivity index (χ1) is 8.22. The number of nitrogens with one attached hydrogen (secondary N) is 1. The van der Waals surface area contributed by atoms with Crippen LogP contribution in [0.15, 0.2) is 10.2 Å². The number of aromatic nitrogens is 1. The minimum atomic E-state index is 0.0237. The zero-order valence-corrected chi connectivity index (χ0v) is 10.8. The number of thiazole rings is 1. The van der Waals surface area contributed by atoms with Gasteiger partial charge in [-0.15, -0.1) is 0 Å². The monoisotopic (exact) mass is 255 g/mol. The second-order valence-corrected chi connectivity index (χ2v) is 4.87. The van der Waals surface area contributed by atoms with E-state index in [0.29, 0.717) is 13.0 Å². The third kappa shape index (κ3) is 2.76. The van der Waals surface area contributed by atoms with Gasteiger partial charge in [-0.1, -0.05) is 11.3 Å². The van der Waals surface area contributed by atoms with Crippen molar-refractivity contribution in [1.82, 2.24) is 14.8 Å². The zero-order valence-electron chi connectivity index (χ0n) is 9.94. The molecule has 0 unspecified atom stereocenters. The number of carbonyl (C=O) groups excluding carboxylic acids is 1. The van der Waals surface area contributed by atoms with Gasteiger partial charge in [0.15, 0.2) is 0 Å². The third-order valence-electron chi connectivity index (χ3n) is 2.98. The molecule has 0 aromatic carbocycles. The molecule has 0 bridgehead atoms. The predicted octanol–water partition coefficient (Wildman–Crippen LogP) is -0.0960. The Kier molecular flexibility index (Phi) is 3.96. The molecule has 2 heterocycles. The molecule has 1 aromatic heterocycles. The van der Waals surface area contributed by atoms with Gasteiger partial charge in [-0.05, 0) is 6.92 Å². The fraction of sp³-hybridized carbons (Fsp3) is 0.636. The molecule has 1 amide bonds. The summed E-state index contributed by atoms with van der Waals surface area (Å²) in [4.78, 5) is 25.4. The largest absolute Gasteiger partial charge is 0.340 e. The first-order valence-corrected chi connectivity index (χ1v) is 6.76. The number of hydrogen-bond donors (Lipinski definition) is 1. The fourth-order valence-electron chi connectivity index (χ4n) is 2.01. The molecule has 1 aliphatic rings. The molecule has 0 spiro atoms. The lowest BCUT2D eigenvalue weighted by molar-refractivity contribution is -0.131.